The van der Waals surface area contributed by atoms with E-state index in [0.29, 0.717) is 11.4 Å². The highest BCUT2D eigenvalue weighted by molar-refractivity contribution is 5.75. The van der Waals surface area contributed by atoms with E-state index in [9.17, 15) is 9.18 Å². The van der Waals surface area contributed by atoms with Gasteiger partial charge in [-0.25, -0.2) is 4.39 Å². The Labute approximate surface area is 116 Å². The number of rotatable bonds is 5. The van der Waals surface area contributed by atoms with Gasteiger partial charge in [0, 0.05) is 11.6 Å². The molecule has 20 heavy (non-hydrogen) atoms. The molecule has 106 valence electrons. The summed E-state index contributed by atoms with van der Waals surface area (Å²) in [7, 11) is 0. The number of aromatic nitrogens is 4. The Morgan fingerprint density at radius 3 is 2.75 bits per heavy atom. The van der Waals surface area contributed by atoms with E-state index in [2.05, 4.69) is 20.7 Å². The highest BCUT2D eigenvalue weighted by Gasteiger charge is 2.10. The van der Waals surface area contributed by atoms with Crippen molar-refractivity contribution in [3.8, 4) is 11.4 Å². The van der Waals surface area contributed by atoms with E-state index in [1.807, 2.05) is 13.8 Å². The Morgan fingerprint density at radius 2 is 2.10 bits per heavy atom. The number of benzene rings is 1. The second-order valence-electron chi connectivity index (χ2n) is 4.53. The first-order valence-electron chi connectivity index (χ1n) is 6.41. The lowest BCUT2D eigenvalue weighted by Crippen LogP contribution is -2.35. The summed E-state index contributed by atoms with van der Waals surface area (Å²) in [6.45, 7) is 3.93. The van der Waals surface area contributed by atoms with Crippen molar-refractivity contribution >= 4 is 5.91 Å². The highest BCUT2D eigenvalue weighted by Crippen LogP contribution is 2.13. The molecule has 0 aliphatic rings. The molecule has 7 heteroatoms. The van der Waals surface area contributed by atoms with Crippen molar-refractivity contribution in [2.24, 2.45) is 0 Å². The summed E-state index contributed by atoms with van der Waals surface area (Å²) in [5.74, 6) is -0.127. The van der Waals surface area contributed by atoms with Crippen LogP contribution in [0.3, 0.4) is 0 Å². The molecule has 0 aliphatic carbocycles. The molecule has 0 saturated heterocycles. The minimum absolute atomic E-state index is 0.0124. The topological polar surface area (TPSA) is 72.7 Å². The molecule has 0 spiro atoms. The summed E-state index contributed by atoms with van der Waals surface area (Å²) in [5, 5.41) is 14.6. The minimum atomic E-state index is -0.325. The Kier molecular flexibility index (Phi) is 4.39. The number of halogens is 1. The van der Waals surface area contributed by atoms with Gasteiger partial charge in [-0.2, -0.15) is 4.80 Å². The fourth-order valence-corrected chi connectivity index (χ4v) is 1.58. The van der Waals surface area contributed by atoms with Gasteiger partial charge in [0.2, 0.25) is 11.7 Å². The first-order chi connectivity index (χ1) is 9.58. The standard InChI is InChI=1S/C13H16FN5O/c1-3-9(2)15-12(20)8-19-17-13(16-18-19)10-4-6-11(14)7-5-10/h4-7,9H,3,8H2,1-2H3,(H,15,20)/t9-/m0/s1. The highest BCUT2D eigenvalue weighted by atomic mass is 19.1. The maximum Gasteiger partial charge on any atom is 0.243 e. The lowest BCUT2D eigenvalue weighted by atomic mass is 10.2. The normalized spacial score (nSPS) is 12.2. The van der Waals surface area contributed by atoms with Crippen LogP contribution in [-0.2, 0) is 11.3 Å². The monoisotopic (exact) mass is 277 g/mol. The number of amides is 1. The van der Waals surface area contributed by atoms with Gasteiger partial charge in [0.1, 0.15) is 12.4 Å². The predicted octanol–water partition coefficient (Wildman–Crippen LogP) is 1.39. The van der Waals surface area contributed by atoms with E-state index >= 15 is 0 Å². The van der Waals surface area contributed by atoms with Crippen molar-refractivity contribution < 1.29 is 9.18 Å². The van der Waals surface area contributed by atoms with Crippen molar-refractivity contribution in [2.45, 2.75) is 32.9 Å². The van der Waals surface area contributed by atoms with Crippen molar-refractivity contribution in [3.63, 3.8) is 0 Å². The van der Waals surface area contributed by atoms with Crippen molar-refractivity contribution in [3.05, 3.63) is 30.1 Å². The molecule has 0 unspecified atom stereocenters. The SMILES string of the molecule is CC[C@H](C)NC(=O)Cn1nnc(-c2ccc(F)cc2)n1. The summed E-state index contributed by atoms with van der Waals surface area (Å²) < 4.78 is 12.8. The zero-order valence-corrected chi connectivity index (χ0v) is 11.4. The van der Waals surface area contributed by atoms with Gasteiger partial charge < -0.3 is 5.32 Å². The van der Waals surface area contributed by atoms with Crippen LogP contribution in [0.25, 0.3) is 11.4 Å². The molecule has 1 heterocycles. The van der Waals surface area contributed by atoms with Gasteiger partial charge in [-0.1, -0.05) is 6.92 Å². The smallest absolute Gasteiger partial charge is 0.243 e. The predicted molar refractivity (Wildman–Crippen MR) is 71.1 cm³/mol. The van der Waals surface area contributed by atoms with Crippen LogP contribution in [-0.4, -0.2) is 32.2 Å². The largest absolute Gasteiger partial charge is 0.352 e. The number of nitrogens with one attached hydrogen (secondary N) is 1. The fourth-order valence-electron chi connectivity index (χ4n) is 1.58. The molecule has 1 atom stereocenters. The first kappa shape index (κ1) is 14.1. The third kappa shape index (κ3) is 3.59. The molecule has 1 aromatic carbocycles. The van der Waals surface area contributed by atoms with Gasteiger partial charge in [-0.15, -0.1) is 10.2 Å². The van der Waals surface area contributed by atoms with Crippen LogP contribution >= 0.6 is 0 Å². The number of carbonyl (C=O) groups excluding carboxylic acids is 1. The van der Waals surface area contributed by atoms with Crippen molar-refractivity contribution in [2.75, 3.05) is 0 Å². The van der Waals surface area contributed by atoms with Crippen molar-refractivity contribution in [1.29, 1.82) is 0 Å². The third-order valence-electron chi connectivity index (χ3n) is 2.86. The lowest BCUT2D eigenvalue weighted by molar-refractivity contribution is -0.122. The quantitative estimate of drug-likeness (QED) is 0.896. The second-order valence-corrected chi connectivity index (χ2v) is 4.53. The summed E-state index contributed by atoms with van der Waals surface area (Å²) in [6, 6.07) is 5.89. The van der Waals surface area contributed by atoms with E-state index in [-0.39, 0.29) is 24.3 Å². The van der Waals surface area contributed by atoms with Crippen LogP contribution in [0, 0.1) is 5.82 Å². The van der Waals surface area contributed by atoms with Gasteiger partial charge in [0.15, 0.2) is 0 Å². The van der Waals surface area contributed by atoms with Gasteiger partial charge in [-0.05, 0) is 42.8 Å². The molecule has 1 N–H and O–H groups in total. The Bertz CT molecular complexity index is 581. The average Bonchev–Trinajstić information content (AvgIpc) is 2.87. The van der Waals surface area contributed by atoms with Gasteiger partial charge >= 0.3 is 0 Å². The van der Waals surface area contributed by atoms with E-state index < -0.39 is 0 Å². The van der Waals surface area contributed by atoms with Crippen LogP contribution in [0.15, 0.2) is 24.3 Å². The van der Waals surface area contributed by atoms with E-state index in [1.165, 1.54) is 16.9 Å². The number of hydrogen-bond donors (Lipinski definition) is 1. The Morgan fingerprint density at radius 1 is 1.40 bits per heavy atom. The minimum Gasteiger partial charge on any atom is -0.352 e. The number of tetrazole rings is 1. The Balaban J connectivity index is 2.02. The fraction of sp³-hybridized carbons (Fsp3) is 0.385. The van der Waals surface area contributed by atoms with Gasteiger partial charge in [0.05, 0.1) is 0 Å². The molecule has 2 aromatic rings. The maximum atomic E-state index is 12.8. The summed E-state index contributed by atoms with van der Waals surface area (Å²) in [4.78, 5) is 12.9. The average molecular weight is 277 g/mol. The van der Waals surface area contributed by atoms with Crippen LogP contribution < -0.4 is 5.32 Å². The zero-order valence-electron chi connectivity index (χ0n) is 11.4. The van der Waals surface area contributed by atoms with Gasteiger partial charge in [-0.3, -0.25) is 4.79 Å². The molecule has 0 saturated carbocycles. The molecule has 0 aliphatic heterocycles. The summed E-state index contributed by atoms with van der Waals surface area (Å²) >= 11 is 0. The molecule has 1 amide bonds. The molecule has 6 nitrogen and oxygen atoms in total. The second kappa shape index (κ2) is 6.23. The Hall–Kier alpha value is -2.31. The zero-order chi connectivity index (χ0) is 14.5. The number of hydrogen-bond acceptors (Lipinski definition) is 4. The lowest BCUT2D eigenvalue weighted by Gasteiger charge is -2.10. The van der Waals surface area contributed by atoms with Crippen LogP contribution in [0.5, 0.6) is 0 Å². The molecule has 1 aromatic heterocycles. The van der Waals surface area contributed by atoms with E-state index in [1.54, 1.807) is 12.1 Å². The number of carbonyl (C=O) groups is 1. The maximum absolute atomic E-state index is 12.8. The molecular weight excluding hydrogens is 261 g/mol. The molecule has 0 fully saturated rings. The van der Waals surface area contributed by atoms with Gasteiger partial charge in [0.25, 0.3) is 0 Å². The van der Waals surface area contributed by atoms with Crippen LogP contribution in [0.2, 0.25) is 0 Å². The molecule has 0 bridgehead atoms. The number of nitrogens with zero attached hydrogens (tertiary/aromatic N) is 4. The van der Waals surface area contributed by atoms with Crippen molar-refractivity contribution in [1.82, 2.24) is 25.5 Å². The third-order valence-corrected chi connectivity index (χ3v) is 2.86. The molecule has 0 radical (unpaired) electrons. The summed E-state index contributed by atoms with van der Waals surface area (Å²) in [6.07, 6.45) is 0.858. The first-order valence-corrected chi connectivity index (χ1v) is 6.41. The summed E-state index contributed by atoms with van der Waals surface area (Å²) in [5.41, 5.74) is 0.653. The van der Waals surface area contributed by atoms with E-state index in [0.717, 1.165) is 6.42 Å². The molecule has 2 rings (SSSR count). The van der Waals surface area contributed by atoms with Crippen LogP contribution in [0.1, 0.15) is 20.3 Å². The molecular formula is C13H16FN5O. The van der Waals surface area contributed by atoms with E-state index in [4.69, 9.17) is 0 Å². The van der Waals surface area contributed by atoms with Crippen LogP contribution in [0.4, 0.5) is 4.39 Å².